The van der Waals surface area contributed by atoms with Crippen LogP contribution in [-0.4, -0.2) is 44.1 Å². The summed E-state index contributed by atoms with van der Waals surface area (Å²) in [6.45, 7) is 5.86. The Bertz CT molecular complexity index is 500. The molecular formula is C17H27N3O2. The predicted octanol–water partition coefficient (Wildman–Crippen LogP) is 2.35. The summed E-state index contributed by atoms with van der Waals surface area (Å²) in [6.07, 6.45) is 1.16. The van der Waals surface area contributed by atoms with Gasteiger partial charge in [0.25, 0.3) is 0 Å². The van der Waals surface area contributed by atoms with Crippen LogP contribution in [0.3, 0.4) is 0 Å². The third-order valence-corrected chi connectivity index (χ3v) is 3.39. The topological polar surface area (TPSA) is 53.9 Å². The van der Waals surface area contributed by atoms with E-state index < -0.39 is 0 Å². The summed E-state index contributed by atoms with van der Waals surface area (Å²) in [4.78, 5) is 17.6. The molecule has 22 heavy (non-hydrogen) atoms. The van der Waals surface area contributed by atoms with Gasteiger partial charge < -0.3 is 15.0 Å². The number of guanidine groups is 1. The smallest absolute Gasteiger partial charge is 0.305 e. The van der Waals surface area contributed by atoms with Crippen LogP contribution in [0.15, 0.2) is 29.3 Å². The van der Waals surface area contributed by atoms with Gasteiger partial charge in [-0.2, -0.15) is 0 Å². The van der Waals surface area contributed by atoms with E-state index in [2.05, 4.69) is 34.3 Å². The third-order valence-electron chi connectivity index (χ3n) is 3.39. The molecule has 0 heterocycles. The Labute approximate surface area is 133 Å². The lowest BCUT2D eigenvalue weighted by molar-refractivity contribution is -0.143. The van der Waals surface area contributed by atoms with Crippen LogP contribution >= 0.6 is 0 Å². The zero-order valence-electron chi connectivity index (χ0n) is 14.1. The summed E-state index contributed by atoms with van der Waals surface area (Å²) >= 11 is 0. The average Bonchev–Trinajstić information content (AvgIpc) is 2.50. The molecule has 1 rings (SSSR count). The van der Waals surface area contributed by atoms with Crippen molar-refractivity contribution in [2.75, 3.05) is 27.2 Å². The van der Waals surface area contributed by atoms with Gasteiger partial charge in [0.2, 0.25) is 0 Å². The lowest BCUT2D eigenvalue weighted by atomic mass is 10.1. The molecule has 1 aromatic rings. The van der Waals surface area contributed by atoms with Crippen LogP contribution in [0.25, 0.3) is 0 Å². The number of carbonyl (C=O) groups excluding carboxylic acids is 1. The fourth-order valence-electron chi connectivity index (χ4n) is 2.17. The van der Waals surface area contributed by atoms with Crippen LogP contribution in [0.5, 0.6) is 0 Å². The molecule has 5 nitrogen and oxygen atoms in total. The molecule has 0 aliphatic carbocycles. The predicted molar refractivity (Wildman–Crippen MR) is 89.9 cm³/mol. The maximum Gasteiger partial charge on any atom is 0.305 e. The number of ether oxygens (including phenoxy) is 1. The molecule has 5 heteroatoms. The molecular weight excluding hydrogens is 278 g/mol. The van der Waals surface area contributed by atoms with Crippen molar-refractivity contribution in [3.05, 3.63) is 35.4 Å². The van der Waals surface area contributed by atoms with Crippen LogP contribution in [0.2, 0.25) is 0 Å². The second kappa shape index (κ2) is 9.82. The monoisotopic (exact) mass is 305 g/mol. The second-order valence-electron chi connectivity index (χ2n) is 5.17. The quantitative estimate of drug-likeness (QED) is 0.364. The van der Waals surface area contributed by atoms with E-state index in [1.165, 1.54) is 11.1 Å². The highest BCUT2D eigenvalue weighted by atomic mass is 16.5. The minimum absolute atomic E-state index is 0.146. The molecule has 0 aliphatic rings. The van der Waals surface area contributed by atoms with Crippen molar-refractivity contribution in [1.29, 1.82) is 0 Å². The number of nitrogens with zero attached hydrogens (tertiary/aromatic N) is 2. The van der Waals surface area contributed by atoms with Crippen LogP contribution in [-0.2, 0) is 16.1 Å². The molecule has 0 aliphatic heterocycles. The van der Waals surface area contributed by atoms with E-state index in [1.807, 2.05) is 26.1 Å². The van der Waals surface area contributed by atoms with Crippen LogP contribution in [0.4, 0.5) is 0 Å². The summed E-state index contributed by atoms with van der Waals surface area (Å²) in [5, 5.41) is 3.27. The first-order valence-electron chi connectivity index (χ1n) is 7.70. The molecule has 0 amide bonds. The molecule has 0 atom stereocenters. The van der Waals surface area contributed by atoms with Gasteiger partial charge in [0, 0.05) is 33.6 Å². The van der Waals surface area contributed by atoms with Gasteiger partial charge in [-0.25, -0.2) is 0 Å². The van der Waals surface area contributed by atoms with Crippen molar-refractivity contribution >= 4 is 11.9 Å². The van der Waals surface area contributed by atoms with E-state index >= 15 is 0 Å². The molecule has 1 aromatic carbocycles. The highest BCUT2D eigenvalue weighted by Gasteiger charge is 2.08. The van der Waals surface area contributed by atoms with Gasteiger partial charge in [0.1, 0.15) is 0 Å². The molecule has 0 unspecified atom stereocenters. The normalized spacial score (nSPS) is 11.2. The fraction of sp³-hybridized carbons (Fsp3) is 0.529. The number of nitrogens with one attached hydrogen (secondary N) is 1. The van der Waals surface area contributed by atoms with Crippen molar-refractivity contribution in [3.63, 3.8) is 0 Å². The maximum atomic E-state index is 11.3. The molecule has 122 valence electrons. The van der Waals surface area contributed by atoms with E-state index in [4.69, 9.17) is 4.74 Å². The van der Waals surface area contributed by atoms with Gasteiger partial charge in [-0.3, -0.25) is 9.79 Å². The maximum absolute atomic E-state index is 11.3. The minimum atomic E-state index is -0.146. The first kappa shape index (κ1) is 18.0. The van der Waals surface area contributed by atoms with E-state index in [0.717, 1.165) is 18.9 Å². The van der Waals surface area contributed by atoms with Crippen LogP contribution < -0.4 is 5.32 Å². The minimum Gasteiger partial charge on any atom is -0.466 e. The highest BCUT2D eigenvalue weighted by Crippen LogP contribution is 2.09. The summed E-state index contributed by atoms with van der Waals surface area (Å²) in [5.41, 5.74) is 2.55. The van der Waals surface area contributed by atoms with E-state index in [1.54, 1.807) is 7.05 Å². The number of aliphatic imine (C=N–C) groups is 1. The zero-order valence-corrected chi connectivity index (χ0v) is 14.1. The molecule has 0 spiro atoms. The number of hydrogen-bond donors (Lipinski definition) is 1. The molecule has 0 radical (unpaired) electrons. The van der Waals surface area contributed by atoms with Gasteiger partial charge in [0.15, 0.2) is 5.96 Å². The van der Waals surface area contributed by atoms with Crippen molar-refractivity contribution in [1.82, 2.24) is 10.2 Å². The Balaban J connectivity index is 2.41. The Kier molecular flexibility index (Phi) is 8.04. The van der Waals surface area contributed by atoms with Crippen LogP contribution in [0.1, 0.15) is 30.9 Å². The number of aryl methyl sites for hydroxylation is 1. The van der Waals surface area contributed by atoms with E-state index in [-0.39, 0.29) is 5.97 Å². The van der Waals surface area contributed by atoms with Gasteiger partial charge in [-0.15, -0.1) is 0 Å². The lowest BCUT2D eigenvalue weighted by Crippen LogP contribution is -2.39. The number of esters is 1. The number of rotatable bonds is 7. The summed E-state index contributed by atoms with van der Waals surface area (Å²) in [6, 6.07) is 8.32. The van der Waals surface area contributed by atoms with Gasteiger partial charge in [-0.1, -0.05) is 24.3 Å². The molecule has 0 fully saturated rings. The summed E-state index contributed by atoms with van der Waals surface area (Å²) in [5.74, 6) is 0.680. The summed E-state index contributed by atoms with van der Waals surface area (Å²) in [7, 11) is 3.77. The molecule has 1 N–H and O–H groups in total. The van der Waals surface area contributed by atoms with Crippen LogP contribution in [0, 0.1) is 6.92 Å². The van der Waals surface area contributed by atoms with E-state index in [9.17, 15) is 4.79 Å². The Morgan fingerprint density at radius 2 is 2.09 bits per heavy atom. The number of benzene rings is 1. The zero-order chi connectivity index (χ0) is 16.4. The standard InChI is InChI=1S/C17H27N3O2/c1-5-22-16(21)11-8-12-19-17(18-3)20(4)13-15-10-7-6-9-14(15)2/h6-7,9-10H,5,8,11-13H2,1-4H3,(H,18,19). The van der Waals surface area contributed by atoms with Crippen molar-refractivity contribution < 1.29 is 9.53 Å². The molecule has 0 saturated carbocycles. The summed E-state index contributed by atoms with van der Waals surface area (Å²) < 4.78 is 4.91. The van der Waals surface area contributed by atoms with Crippen molar-refractivity contribution in [3.8, 4) is 0 Å². The first-order chi connectivity index (χ1) is 10.6. The average molecular weight is 305 g/mol. The number of hydrogen-bond acceptors (Lipinski definition) is 3. The fourth-order valence-corrected chi connectivity index (χ4v) is 2.17. The lowest BCUT2D eigenvalue weighted by Gasteiger charge is -2.23. The number of carbonyl (C=O) groups is 1. The Hall–Kier alpha value is -2.04. The second-order valence-corrected chi connectivity index (χ2v) is 5.17. The highest BCUT2D eigenvalue weighted by molar-refractivity contribution is 5.79. The SMILES string of the molecule is CCOC(=O)CCCNC(=NC)N(C)Cc1ccccc1C. The first-order valence-corrected chi connectivity index (χ1v) is 7.70. The van der Waals surface area contributed by atoms with Gasteiger partial charge in [0.05, 0.1) is 6.61 Å². The van der Waals surface area contributed by atoms with Crippen molar-refractivity contribution in [2.24, 2.45) is 4.99 Å². The van der Waals surface area contributed by atoms with Gasteiger partial charge in [-0.05, 0) is 31.4 Å². The molecule has 0 aromatic heterocycles. The van der Waals surface area contributed by atoms with E-state index in [0.29, 0.717) is 19.6 Å². The third kappa shape index (κ3) is 6.16. The Morgan fingerprint density at radius 1 is 1.36 bits per heavy atom. The molecule has 0 bridgehead atoms. The van der Waals surface area contributed by atoms with Gasteiger partial charge >= 0.3 is 5.97 Å². The largest absolute Gasteiger partial charge is 0.466 e. The van der Waals surface area contributed by atoms with Crippen molar-refractivity contribution in [2.45, 2.75) is 33.2 Å². The Morgan fingerprint density at radius 3 is 2.73 bits per heavy atom. The molecule has 0 saturated heterocycles.